The fourth-order valence-corrected chi connectivity index (χ4v) is 2.03. The van der Waals surface area contributed by atoms with Gasteiger partial charge in [-0.1, -0.05) is 0 Å². The number of carboxylic acids is 1. The van der Waals surface area contributed by atoms with Crippen LogP contribution in [0.25, 0.3) is 0 Å². The third-order valence-corrected chi connectivity index (χ3v) is 3.32. The van der Waals surface area contributed by atoms with Crippen LogP contribution < -0.4 is 11.2 Å². The molecule has 0 aliphatic rings. The van der Waals surface area contributed by atoms with E-state index in [2.05, 4.69) is 0 Å². The van der Waals surface area contributed by atoms with Gasteiger partial charge in [-0.15, -0.1) is 0 Å². The molecule has 0 aliphatic heterocycles. The molecule has 9 heteroatoms. The number of carbonyl (C=O) groups is 1. The Morgan fingerprint density at radius 1 is 1.37 bits per heavy atom. The number of aryl methyl sites for hydroxylation is 1. The number of aliphatic carboxylic acids is 1. The Labute approximate surface area is 108 Å². The minimum atomic E-state index is -3.33. The van der Waals surface area contributed by atoms with Crippen molar-refractivity contribution in [1.29, 1.82) is 0 Å². The Morgan fingerprint density at radius 3 is 2.42 bits per heavy atom. The summed E-state index contributed by atoms with van der Waals surface area (Å²) in [6.07, 6.45) is 2.14. The molecule has 0 radical (unpaired) electrons. The highest BCUT2D eigenvalue weighted by Crippen LogP contribution is 1.90. The first-order chi connectivity index (χ1) is 8.61. The quantitative estimate of drug-likeness (QED) is 0.701. The van der Waals surface area contributed by atoms with Gasteiger partial charge in [0.25, 0.3) is 5.56 Å². The van der Waals surface area contributed by atoms with Crippen LogP contribution in [-0.4, -0.2) is 40.6 Å². The zero-order valence-corrected chi connectivity index (χ0v) is 11.3. The van der Waals surface area contributed by atoms with Crippen LogP contribution in [0.5, 0.6) is 0 Å². The first-order valence-corrected chi connectivity index (χ1v) is 7.38. The molecule has 0 aliphatic carbocycles. The van der Waals surface area contributed by atoms with E-state index >= 15 is 0 Å². The van der Waals surface area contributed by atoms with Gasteiger partial charge in [0.05, 0.1) is 5.75 Å². The zero-order chi connectivity index (χ0) is 14.8. The molecule has 1 aromatic rings. The van der Waals surface area contributed by atoms with Crippen molar-refractivity contribution in [2.24, 2.45) is 0 Å². The van der Waals surface area contributed by atoms with Crippen molar-refractivity contribution in [3.05, 3.63) is 32.6 Å². The van der Waals surface area contributed by atoms with Crippen LogP contribution >= 0.6 is 0 Å². The van der Waals surface area contributed by atoms with Gasteiger partial charge in [-0.05, 0) is 6.92 Å². The maximum Gasteiger partial charge on any atom is 0.331 e. The van der Waals surface area contributed by atoms with Gasteiger partial charge in [0.15, 0.2) is 0 Å². The lowest BCUT2D eigenvalue weighted by Crippen LogP contribution is -2.42. The Morgan fingerprint density at radius 2 is 1.95 bits per heavy atom. The van der Waals surface area contributed by atoms with E-state index in [1.165, 1.54) is 6.92 Å². The molecule has 1 rings (SSSR count). The van der Waals surface area contributed by atoms with E-state index in [0.717, 1.165) is 21.6 Å². The summed E-state index contributed by atoms with van der Waals surface area (Å²) in [7, 11) is -3.33. The maximum absolute atomic E-state index is 11.9. The molecule has 0 spiro atoms. The van der Waals surface area contributed by atoms with Crippen LogP contribution in [0, 0.1) is 6.92 Å². The molecule has 8 nitrogen and oxygen atoms in total. The van der Waals surface area contributed by atoms with Crippen molar-refractivity contribution < 1.29 is 18.3 Å². The highest BCUT2D eigenvalue weighted by molar-refractivity contribution is 7.90. The molecule has 0 aromatic carbocycles. The van der Waals surface area contributed by atoms with Gasteiger partial charge in [0, 0.05) is 24.6 Å². The molecule has 19 heavy (non-hydrogen) atoms. The van der Waals surface area contributed by atoms with Gasteiger partial charge in [0.1, 0.15) is 16.4 Å². The van der Waals surface area contributed by atoms with E-state index in [9.17, 15) is 22.8 Å². The molecule has 0 fully saturated rings. The molecule has 0 saturated heterocycles. The van der Waals surface area contributed by atoms with Crippen molar-refractivity contribution >= 4 is 15.8 Å². The third kappa shape index (κ3) is 4.05. The van der Waals surface area contributed by atoms with Crippen LogP contribution in [0.4, 0.5) is 0 Å². The SMILES string of the molecule is Cc1cn(CC(=O)O)c(=O)n(CCS(C)(=O)=O)c1=O. The van der Waals surface area contributed by atoms with Gasteiger partial charge >= 0.3 is 11.7 Å². The number of sulfone groups is 1. The minimum absolute atomic E-state index is 0.175. The normalized spacial score (nSPS) is 11.5. The standard InChI is InChI=1S/C10H14N2O6S/c1-7-5-11(6-8(13)14)10(16)12(9(7)15)3-4-19(2,17)18/h5H,3-4,6H2,1-2H3,(H,13,14). The third-order valence-electron chi connectivity index (χ3n) is 2.40. The van der Waals surface area contributed by atoms with Crippen LogP contribution in [0.2, 0.25) is 0 Å². The predicted octanol–water partition coefficient (Wildman–Crippen LogP) is -1.55. The van der Waals surface area contributed by atoms with Crippen molar-refractivity contribution in [2.75, 3.05) is 12.0 Å². The molecule has 0 bridgehead atoms. The smallest absolute Gasteiger partial charge is 0.331 e. The molecular weight excluding hydrogens is 276 g/mol. The second kappa shape index (κ2) is 5.39. The number of nitrogens with zero attached hydrogens (tertiary/aromatic N) is 2. The Balaban J connectivity index is 3.30. The minimum Gasteiger partial charge on any atom is -0.480 e. The van der Waals surface area contributed by atoms with Gasteiger partial charge < -0.3 is 5.11 Å². The molecule has 0 atom stereocenters. The van der Waals surface area contributed by atoms with Gasteiger partial charge in [-0.2, -0.15) is 0 Å². The van der Waals surface area contributed by atoms with E-state index in [4.69, 9.17) is 5.11 Å². The first kappa shape index (κ1) is 15.2. The fourth-order valence-electron chi connectivity index (χ4n) is 1.51. The van der Waals surface area contributed by atoms with E-state index in [-0.39, 0.29) is 17.9 Å². The van der Waals surface area contributed by atoms with Crippen molar-refractivity contribution in [3.8, 4) is 0 Å². The van der Waals surface area contributed by atoms with E-state index < -0.39 is 33.6 Å². The van der Waals surface area contributed by atoms with Crippen LogP contribution in [0.15, 0.2) is 15.8 Å². The molecule has 0 saturated carbocycles. The second-order valence-corrected chi connectivity index (χ2v) is 6.46. The molecule has 1 N–H and O–H groups in total. The monoisotopic (exact) mass is 290 g/mol. The van der Waals surface area contributed by atoms with E-state index in [1.54, 1.807) is 0 Å². The van der Waals surface area contributed by atoms with Crippen LogP contribution in [0.3, 0.4) is 0 Å². The zero-order valence-electron chi connectivity index (χ0n) is 10.5. The van der Waals surface area contributed by atoms with Gasteiger partial charge in [-0.3, -0.25) is 18.7 Å². The highest BCUT2D eigenvalue weighted by atomic mass is 32.2. The molecule has 0 unspecified atom stereocenters. The largest absolute Gasteiger partial charge is 0.480 e. The lowest BCUT2D eigenvalue weighted by atomic mass is 10.3. The summed E-state index contributed by atoms with van der Waals surface area (Å²) in [4.78, 5) is 34.2. The number of aromatic nitrogens is 2. The first-order valence-electron chi connectivity index (χ1n) is 5.32. The maximum atomic E-state index is 11.9. The fraction of sp³-hybridized carbons (Fsp3) is 0.500. The molecule has 106 valence electrons. The predicted molar refractivity (Wildman–Crippen MR) is 67.0 cm³/mol. The summed E-state index contributed by atoms with van der Waals surface area (Å²) < 4.78 is 23.7. The lowest BCUT2D eigenvalue weighted by Gasteiger charge is -2.09. The Kier molecular flexibility index (Phi) is 4.30. The Bertz CT molecular complexity index is 713. The summed E-state index contributed by atoms with van der Waals surface area (Å²) in [6, 6.07) is 0. The summed E-state index contributed by atoms with van der Waals surface area (Å²) in [5.41, 5.74) is -1.27. The van der Waals surface area contributed by atoms with Crippen LogP contribution in [-0.2, 0) is 27.7 Å². The average molecular weight is 290 g/mol. The van der Waals surface area contributed by atoms with Crippen molar-refractivity contribution in [3.63, 3.8) is 0 Å². The molecule has 1 heterocycles. The van der Waals surface area contributed by atoms with Crippen LogP contribution in [0.1, 0.15) is 5.56 Å². The number of hydrogen-bond donors (Lipinski definition) is 1. The van der Waals surface area contributed by atoms with Gasteiger partial charge in [0.2, 0.25) is 0 Å². The molecular formula is C10H14N2O6S. The summed E-state index contributed by atoms with van der Waals surface area (Å²) in [5.74, 6) is -1.59. The topological polar surface area (TPSA) is 115 Å². The second-order valence-electron chi connectivity index (χ2n) is 4.20. The van der Waals surface area contributed by atoms with Gasteiger partial charge in [-0.25, -0.2) is 13.2 Å². The number of carboxylic acid groups (broad SMARTS) is 1. The van der Waals surface area contributed by atoms with E-state index in [1.807, 2.05) is 0 Å². The summed E-state index contributed by atoms with van der Waals surface area (Å²) in [5, 5.41) is 8.66. The van der Waals surface area contributed by atoms with Crippen molar-refractivity contribution in [2.45, 2.75) is 20.0 Å². The molecule has 1 aromatic heterocycles. The lowest BCUT2D eigenvalue weighted by molar-refractivity contribution is -0.137. The summed E-state index contributed by atoms with van der Waals surface area (Å²) in [6.45, 7) is 0.549. The molecule has 0 amide bonds. The average Bonchev–Trinajstić information content (AvgIpc) is 2.23. The number of rotatable bonds is 5. The number of hydrogen-bond acceptors (Lipinski definition) is 5. The Hall–Kier alpha value is -1.90. The summed E-state index contributed by atoms with van der Waals surface area (Å²) >= 11 is 0. The highest BCUT2D eigenvalue weighted by Gasteiger charge is 2.12. The van der Waals surface area contributed by atoms with Crippen molar-refractivity contribution in [1.82, 2.24) is 9.13 Å². The van der Waals surface area contributed by atoms with E-state index in [0.29, 0.717) is 0 Å².